The maximum Gasteiger partial charge on any atom is 0.195 e. The van der Waals surface area contributed by atoms with Crippen LogP contribution in [0.5, 0.6) is 0 Å². The highest BCUT2D eigenvalue weighted by atomic mass is 16.4. The maximum absolute atomic E-state index is 11.8. The van der Waals surface area contributed by atoms with Crippen LogP contribution >= 0.6 is 0 Å². The van der Waals surface area contributed by atoms with Crippen molar-refractivity contribution in [2.45, 2.75) is 32.6 Å². The molecule has 0 N–H and O–H groups in total. The predicted molar refractivity (Wildman–Crippen MR) is 95.6 cm³/mol. The van der Waals surface area contributed by atoms with Gasteiger partial charge < -0.3 is 4.42 Å². The van der Waals surface area contributed by atoms with Gasteiger partial charge in [0.25, 0.3) is 0 Å². The second-order valence-corrected chi connectivity index (χ2v) is 5.81. The van der Waals surface area contributed by atoms with E-state index in [1.165, 1.54) is 0 Å². The Morgan fingerprint density at radius 3 is 2.17 bits per heavy atom. The van der Waals surface area contributed by atoms with Crippen LogP contribution in [0.2, 0.25) is 0 Å². The highest BCUT2D eigenvalue weighted by molar-refractivity contribution is 5.79. The molecule has 0 amide bonds. The van der Waals surface area contributed by atoms with Crippen molar-refractivity contribution in [2.75, 3.05) is 0 Å². The van der Waals surface area contributed by atoms with Gasteiger partial charge in [-0.3, -0.25) is 4.79 Å². The first kappa shape index (κ1) is 16.2. The molecule has 1 aromatic heterocycles. The number of Topliss-reactive ketones (excluding diaryl/α,β-unsaturated/α-hetero) is 1. The fourth-order valence-electron chi connectivity index (χ4n) is 2.70. The summed E-state index contributed by atoms with van der Waals surface area (Å²) in [6.07, 6.45) is 2.54. The van der Waals surface area contributed by atoms with Gasteiger partial charge in [-0.1, -0.05) is 67.6 Å². The summed E-state index contributed by atoms with van der Waals surface area (Å²) in [4.78, 5) is 16.4. The number of hydrogen-bond acceptors (Lipinski definition) is 3. The van der Waals surface area contributed by atoms with Crippen molar-refractivity contribution in [3.8, 4) is 22.6 Å². The lowest BCUT2D eigenvalue weighted by Crippen LogP contribution is -1.99. The summed E-state index contributed by atoms with van der Waals surface area (Å²) < 4.78 is 6.02. The maximum atomic E-state index is 11.8. The number of carbonyl (C=O) groups is 1. The number of benzene rings is 2. The summed E-state index contributed by atoms with van der Waals surface area (Å²) in [5, 5.41) is 0. The van der Waals surface area contributed by atoms with Gasteiger partial charge in [0.05, 0.1) is 0 Å². The first-order valence-corrected chi connectivity index (χ1v) is 8.40. The largest absolute Gasteiger partial charge is 0.440 e. The molecule has 0 spiro atoms. The zero-order chi connectivity index (χ0) is 16.8. The number of rotatable bonds is 7. The van der Waals surface area contributed by atoms with E-state index in [1.54, 1.807) is 0 Å². The lowest BCUT2D eigenvalue weighted by molar-refractivity contribution is -0.119. The van der Waals surface area contributed by atoms with Gasteiger partial charge in [-0.2, -0.15) is 0 Å². The van der Waals surface area contributed by atoms with E-state index in [4.69, 9.17) is 4.42 Å². The van der Waals surface area contributed by atoms with Crippen molar-refractivity contribution in [1.82, 2.24) is 4.98 Å². The van der Waals surface area contributed by atoms with E-state index >= 15 is 0 Å². The lowest BCUT2D eigenvalue weighted by Gasteiger charge is -2.00. The second-order valence-electron chi connectivity index (χ2n) is 5.81. The molecule has 0 atom stereocenters. The third kappa shape index (κ3) is 3.80. The molecule has 0 saturated heterocycles. The summed E-state index contributed by atoms with van der Waals surface area (Å²) in [5.74, 6) is 1.65. The molecule has 0 radical (unpaired) electrons. The van der Waals surface area contributed by atoms with Gasteiger partial charge in [-0.15, -0.1) is 0 Å². The molecule has 3 rings (SSSR count). The number of oxazole rings is 1. The molecule has 0 saturated carbocycles. The molecule has 0 unspecified atom stereocenters. The van der Waals surface area contributed by atoms with Gasteiger partial charge in [-0.05, 0) is 6.42 Å². The molecular formula is C21H21NO2. The number of hydrogen-bond donors (Lipinski definition) is 0. The minimum Gasteiger partial charge on any atom is -0.440 e. The van der Waals surface area contributed by atoms with Crippen LogP contribution in [-0.2, 0) is 11.2 Å². The Balaban J connectivity index is 1.93. The fourth-order valence-corrected chi connectivity index (χ4v) is 2.70. The van der Waals surface area contributed by atoms with Crippen molar-refractivity contribution in [1.29, 1.82) is 0 Å². The van der Waals surface area contributed by atoms with Crippen LogP contribution < -0.4 is 0 Å². The number of ketones is 1. The molecule has 3 aromatic rings. The topological polar surface area (TPSA) is 43.1 Å². The van der Waals surface area contributed by atoms with Gasteiger partial charge in [-0.25, -0.2) is 4.98 Å². The zero-order valence-electron chi connectivity index (χ0n) is 13.9. The number of aryl methyl sites for hydroxylation is 1. The minimum atomic E-state index is 0.262. The first-order valence-electron chi connectivity index (χ1n) is 8.40. The van der Waals surface area contributed by atoms with Gasteiger partial charge >= 0.3 is 0 Å². The quantitative estimate of drug-likeness (QED) is 0.592. The van der Waals surface area contributed by atoms with E-state index in [9.17, 15) is 4.79 Å². The Bertz CT molecular complexity index is 734. The van der Waals surface area contributed by atoms with E-state index in [0.717, 1.165) is 29.0 Å². The van der Waals surface area contributed by atoms with E-state index in [0.29, 0.717) is 25.2 Å². The fraction of sp³-hybridized carbons (Fsp3) is 0.238. The molecule has 0 aliphatic heterocycles. The predicted octanol–water partition coefficient (Wildman–Crippen LogP) is 5.31. The Labute approximate surface area is 142 Å². The van der Waals surface area contributed by atoms with E-state index < -0.39 is 0 Å². The second kappa shape index (κ2) is 7.73. The average molecular weight is 319 g/mol. The molecule has 0 bridgehead atoms. The van der Waals surface area contributed by atoms with E-state index in [2.05, 4.69) is 4.98 Å². The van der Waals surface area contributed by atoms with Crippen LogP contribution in [0.15, 0.2) is 65.1 Å². The van der Waals surface area contributed by atoms with Crippen LogP contribution in [-0.4, -0.2) is 10.8 Å². The van der Waals surface area contributed by atoms with Gasteiger partial charge in [0.2, 0.25) is 0 Å². The summed E-state index contributed by atoms with van der Waals surface area (Å²) in [7, 11) is 0. The average Bonchev–Trinajstić information content (AvgIpc) is 3.06. The lowest BCUT2D eigenvalue weighted by atomic mass is 10.1. The molecule has 0 aliphatic carbocycles. The molecule has 122 valence electrons. The zero-order valence-corrected chi connectivity index (χ0v) is 13.9. The SMILES string of the molecule is CCCC(=O)CCc1nc(-c2ccccc2)c(-c2ccccc2)o1. The van der Waals surface area contributed by atoms with Gasteiger partial charge in [0.15, 0.2) is 11.7 Å². The Morgan fingerprint density at radius 1 is 0.917 bits per heavy atom. The number of aromatic nitrogens is 1. The van der Waals surface area contributed by atoms with Crippen molar-refractivity contribution < 1.29 is 9.21 Å². The van der Waals surface area contributed by atoms with Crippen LogP contribution in [0, 0.1) is 0 Å². The summed E-state index contributed by atoms with van der Waals surface area (Å²) >= 11 is 0. The summed E-state index contributed by atoms with van der Waals surface area (Å²) in [6, 6.07) is 20.0. The summed E-state index contributed by atoms with van der Waals surface area (Å²) in [6.45, 7) is 2.02. The normalized spacial score (nSPS) is 10.7. The molecule has 1 heterocycles. The molecule has 24 heavy (non-hydrogen) atoms. The first-order chi connectivity index (χ1) is 11.8. The standard InChI is InChI=1S/C21H21NO2/c1-2-9-18(23)14-15-19-22-20(16-10-5-3-6-11-16)21(24-19)17-12-7-4-8-13-17/h3-8,10-13H,2,9,14-15H2,1H3. The summed E-state index contributed by atoms with van der Waals surface area (Å²) in [5.41, 5.74) is 2.85. The Kier molecular flexibility index (Phi) is 5.22. The van der Waals surface area contributed by atoms with Gasteiger partial charge in [0, 0.05) is 30.4 Å². The highest BCUT2D eigenvalue weighted by Gasteiger charge is 2.17. The van der Waals surface area contributed by atoms with Crippen LogP contribution in [0.3, 0.4) is 0 Å². The van der Waals surface area contributed by atoms with Crippen molar-refractivity contribution in [3.05, 3.63) is 66.6 Å². The molecule has 3 nitrogen and oxygen atoms in total. The molecule has 0 fully saturated rings. The smallest absolute Gasteiger partial charge is 0.195 e. The van der Waals surface area contributed by atoms with E-state index in [1.807, 2.05) is 67.6 Å². The number of carbonyl (C=O) groups excluding carboxylic acids is 1. The van der Waals surface area contributed by atoms with Crippen LogP contribution in [0.1, 0.15) is 32.1 Å². The Hall–Kier alpha value is -2.68. The third-order valence-electron chi connectivity index (χ3n) is 3.90. The third-order valence-corrected chi connectivity index (χ3v) is 3.90. The van der Waals surface area contributed by atoms with Crippen molar-refractivity contribution >= 4 is 5.78 Å². The molecular weight excluding hydrogens is 298 g/mol. The highest BCUT2D eigenvalue weighted by Crippen LogP contribution is 2.32. The van der Waals surface area contributed by atoms with E-state index in [-0.39, 0.29) is 5.78 Å². The number of nitrogens with zero attached hydrogens (tertiary/aromatic N) is 1. The Morgan fingerprint density at radius 2 is 1.54 bits per heavy atom. The monoisotopic (exact) mass is 319 g/mol. The van der Waals surface area contributed by atoms with Crippen molar-refractivity contribution in [2.24, 2.45) is 0 Å². The van der Waals surface area contributed by atoms with Gasteiger partial charge in [0.1, 0.15) is 11.5 Å². The molecule has 0 aliphatic rings. The molecule has 2 aromatic carbocycles. The van der Waals surface area contributed by atoms with Crippen LogP contribution in [0.25, 0.3) is 22.6 Å². The van der Waals surface area contributed by atoms with Crippen LogP contribution in [0.4, 0.5) is 0 Å². The minimum absolute atomic E-state index is 0.262. The van der Waals surface area contributed by atoms with Crippen molar-refractivity contribution in [3.63, 3.8) is 0 Å². The molecule has 3 heteroatoms.